The molecule has 0 atom stereocenters. The third-order valence-corrected chi connectivity index (χ3v) is 4.20. The second kappa shape index (κ2) is 10.5. The predicted octanol–water partition coefficient (Wildman–Crippen LogP) is 3.89. The summed E-state index contributed by atoms with van der Waals surface area (Å²) in [5.41, 5.74) is 8.81. The monoisotopic (exact) mass is 340 g/mol. The van der Waals surface area contributed by atoms with Crippen molar-refractivity contribution in [2.45, 2.75) is 38.6 Å². The molecule has 0 aliphatic heterocycles. The Labute approximate surface area is 150 Å². The number of carbonyl (C=O) groups excluding carboxylic acids is 1. The maximum Gasteiger partial charge on any atom is 0.220 e. The van der Waals surface area contributed by atoms with Crippen LogP contribution in [0, 0.1) is 0 Å². The van der Waals surface area contributed by atoms with Gasteiger partial charge >= 0.3 is 0 Å². The van der Waals surface area contributed by atoms with Crippen LogP contribution >= 0.6 is 0 Å². The Morgan fingerprint density at radius 2 is 1.76 bits per heavy atom. The molecule has 2 rings (SSSR count). The highest BCUT2D eigenvalue weighted by molar-refractivity contribution is 5.75. The lowest BCUT2D eigenvalue weighted by Gasteiger charge is -2.08. The summed E-state index contributed by atoms with van der Waals surface area (Å²) in [6.45, 7) is 1.30. The van der Waals surface area contributed by atoms with Gasteiger partial charge in [-0.05, 0) is 48.2 Å². The van der Waals surface area contributed by atoms with Gasteiger partial charge in [-0.1, -0.05) is 49.2 Å². The molecule has 0 aliphatic carbocycles. The first-order chi connectivity index (χ1) is 12.2. The fraction of sp³-hybridized carbons (Fsp3) is 0.381. The van der Waals surface area contributed by atoms with E-state index in [0.29, 0.717) is 13.0 Å². The molecule has 0 aliphatic rings. The number of methoxy groups -OCH3 is 1. The molecule has 0 fully saturated rings. The molecule has 0 saturated carbocycles. The van der Waals surface area contributed by atoms with Gasteiger partial charge in [0.15, 0.2) is 0 Å². The zero-order chi connectivity index (χ0) is 17.9. The summed E-state index contributed by atoms with van der Waals surface area (Å²) >= 11 is 0. The van der Waals surface area contributed by atoms with Gasteiger partial charge in [0.1, 0.15) is 5.75 Å². The van der Waals surface area contributed by atoms with Gasteiger partial charge in [0.05, 0.1) is 7.11 Å². The van der Waals surface area contributed by atoms with Crippen molar-refractivity contribution >= 4 is 5.91 Å². The number of benzene rings is 2. The van der Waals surface area contributed by atoms with E-state index in [2.05, 4.69) is 35.6 Å². The highest BCUT2D eigenvalue weighted by atomic mass is 16.5. The van der Waals surface area contributed by atoms with E-state index < -0.39 is 0 Å². The second-order valence-corrected chi connectivity index (χ2v) is 6.16. The van der Waals surface area contributed by atoms with E-state index in [0.717, 1.165) is 54.7 Å². The number of nitrogens with two attached hydrogens (primary N) is 1. The minimum absolute atomic E-state index is 0.115. The van der Waals surface area contributed by atoms with E-state index in [4.69, 9.17) is 10.5 Å². The largest absolute Gasteiger partial charge is 0.497 e. The minimum Gasteiger partial charge on any atom is -0.497 e. The second-order valence-electron chi connectivity index (χ2n) is 6.16. The van der Waals surface area contributed by atoms with Gasteiger partial charge in [-0.2, -0.15) is 0 Å². The molecular formula is C21H28N2O2. The molecule has 4 heteroatoms. The van der Waals surface area contributed by atoms with Crippen LogP contribution in [0.5, 0.6) is 5.75 Å². The summed E-state index contributed by atoms with van der Waals surface area (Å²) in [5.74, 6) is 0.963. The summed E-state index contributed by atoms with van der Waals surface area (Å²) in [4.78, 5) is 11.9. The number of amides is 1. The maximum atomic E-state index is 11.9. The lowest BCUT2D eigenvalue weighted by atomic mass is 10.0. The van der Waals surface area contributed by atoms with Crippen molar-refractivity contribution in [2.24, 2.45) is 5.73 Å². The number of carbonyl (C=O) groups is 1. The van der Waals surface area contributed by atoms with Gasteiger partial charge in [0.25, 0.3) is 0 Å². The van der Waals surface area contributed by atoms with Crippen molar-refractivity contribution in [3.05, 3.63) is 54.1 Å². The van der Waals surface area contributed by atoms with Crippen LogP contribution in [0.15, 0.2) is 48.5 Å². The van der Waals surface area contributed by atoms with Crippen LogP contribution in [0.25, 0.3) is 11.1 Å². The number of rotatable bonds is 10. The normalized spacial score (nSPS) is 10.5. The lowest BCUT2D eigenvalue weighted by Crippen LogP contribution is -2.22. The SMILES string of the molecule is COc1cccc(-c2ccc(CNC(=O)CCCCCCN)cc2)c1. The number of unbranched alkanes of at least 4 members (excludes halogenated alkanes) is 3. The molecule has 0 radical (unpaired) electrons. The van der Waals surface area contributed by atoms with Gasteiger partial charge in [-0.25, -0.2) is 0 Å². The predicted molar refractivity (Wildman–Crippen MR) is 102 cm³/mol. The van der Waals surface area contributed by atoms with Crippen LogP contribution < -0.4 is 15.8 Å². The molecule has 2 aromatic carbocycles. The van der Waals surface area contributed by atoms with E-state index in [1.54, 1.807) is 7.11 Å². The first kappa shape index (κ1) is 19.0. The van der Waals surface area contributed by atoms with E-state index in [1.165, 1.54) is 0 Å². The molecule has 0 heterocycles. The molecule has 25 heavy (non-hydrogen) atoms. The smallest absolute Gasteiger partial charge is 0.220 e. The summed E-state index contributed by atoms with van der Waals surface area (Å²) in [6, 6.07) is 16.2. The molecule has 4 nitrogen and oxygen atoms in total. The van der Waals surface area contributed by atoms with Crippen molar-refractivity contribution in [3.8, 4) is 16.9 Å². The average molecular weight is 340 g/mol. The summed E-state index contributed by atoms with van der Waals surface area (Å²) < 4.78 is 5.27. The number of ether oxygens (including phenoxy) is 1. The van der Waals surface area contributed by atoms with Crippen LogP contribution in [0.3, 0.4) is 0 Å². The van der Waals surface area contributed by atoms with Crippen LogP contribution in [-0.4, -0.2) is 19.6 Å². The average Bonchev–Trinajstić information content (AvgIpc) is 2.66. The van der Waals surface area contributed by atoms with Crippen molar-refractivity contribution in [2.75, 3.05) is 13.7 Å². The number of hydrogen-bond donors (Lipinski definition) is 2. The number of hydrogen-bond acceptors (Lipinski definition) is 3. The highest BCUT2D eigenvalue weighted by Gasteiger charge is 2.03. The van der Waals surface area contributed by atoms with Gasteiger partial charge in [0.2, 0.25) is 5.91 Å². The molecule has 0 unspecified atom stereocenters. The van der Waals surface area contributed by atoms with Crippen LogP contribution in [0.1, 0.15) is 37.7 Å². The first-order valence-electron chi connectivity index (χ1n) is 8.93. The minimum atomic E-state index is 0.115. The van der Waals surface area contributed by atoms with Gasteiger partial charge < -0.3 is 15.8 Å². The first-order valence-corrected chi connectivity index (χ1v) is 8.93. The van der Waals surface area contributed by atoms with E-state index in [-0.39, 0.29) is 5.91 Å². The Kier molecular flexibility index (Phi) is 7.99. The number of nitrogens with one attached hydrogen (secondary N) is 1. The topological polar surface area (TPSA) is 64.3 Å². The zero-order valence-electron chi connectivity index (χ0n) is 15.0. The fourth-order valence-electron chi connectivity index (χ4n) is 2.69. The quantitative estimate of drug-likeness (QED) is 0.645. The molecule has 1 amide bonds. The lowest BCUT2D eigenvalue weighted by molar-refractivity contribution is -0.121. The van der Waals surface area contributed by atoms with Crippen LogP contribution in [-0.2, 0) is 11.3 Å². The third kappa shape index (κ3) is 6.59. The van der Waals surface area contributed by atoms with E-state index in [9.17, 15) is 4.79 Å². The Morgan fingerprint density at radius 3 is 2.48 bits per heavy atom. The zero-order valence-corrected chi connectivity index (χ0v) is 15.0. The molecule has 0 spiro atoms. The summed E-state index contributed by atoms with van der Waals surface area (Å²) in [7, 11) is 1.67. The molecule has 134 valence electrons. The van der Waals surface area contributed by atoms with Crippen LogP contribution in [0.2, 0.25) is 0 Å². The van der Waals surface area contributed by atoms with Crippen molar-refractivity contribution in [1.29, 1.82) is 0 Å². The molecule has 0 aromatic heterocycles. The van der Waals surface area contributed by atoms with E-state index in [1.807, 2.05) is 18.2 Å². The van der Waals surface area contributed by atoms with Crippen molar-refractivity contribution in [1.82, 2.24) is 5.32 Å². The fourth-order valence-corrected chi connectivity index (χ4v) is 2.69. The standard InChI is InChI=1S/C21H28N2O2/c1-25-20-8-6-7-19(15-20)18-12-10-17(11-13-18)16-23-21(24)9-4-2-3-5-14-22/h6-8,10-13,15H,2-5,9,14,16,22H2,1H3,(H,23,24). The molecule has 3 N–H and O–H groups in total. The van der Waals surface area contributed by atoms with Gasteiger partial charge in [-0.15, -0.1) is 0 Å². The Hall–Kier alpha value is -2.33. The molecule has 2 aromatic rings. The van der Waals surface area contributed by atoms with E-state index >= 15 is 0 Å². The molecular weight excluding hydrogens is 312 g/mol. The van der Waals surface area contributed by atoms with Crippen molar-refractivity contribution < 1.29 is 9.53 Å². The maximum absolute atomic E-state index is 11.9. The summed E-state index contributed by atoms with van der Waals surface area (Å²) in [6.07, 6.45) is 4.74. The molecule has 0 saturated heterocycles. The Bertz CT molecular complexity index is 653. The van der Waals surface area contributed by atoms with Gasteiger partial charge in [-0.3, -0.25) is 4.79 Å². The highest BCUT2D eigenvalue weighted by Crippen LogP contribution is 2.24. The third-order valence-electron chi connectivity index (χ3n) is 4.20. The van der Waals surface area contributed by atoms with Gasteiger partial charge in [0, 0.05) is 13.0 Å². The van der Waals surface area contributed by atoms with Crippen LogP contribution in [0.4, 0.5) is 0 Å². The van der Waals surface area contributed by atoms with Crippen molar-refractivity contribution in [3.63, 3.8) is 0 Å². The Balaban J connectivity index is 1.79. The summed E-state index contributed by atoms with van der Waals surface area (Å²) in [5, 5.41) is 2.98. The Morgan fingerprint density at radius 1 is 1.00 bits per heavy atom. The molecule has 0 bridgehead atoms.